The number of pyridine rings is 1. The number of rotatable bonds is 2. The van der Waals surface area contributed by atoms with Crippen molar-refractivity contribution in [3.8, 4) is 0 Å². The molecule has 20 heavy (non-hydrogen) atoms. The van der Waals surface area contributed by atoms with Gasteiger partial charge in [0.1, 0.15) is 0 Å². The first kappa shape index (κ1) is 12.7. The first-order chi connectivity index (χ1) is 9.58. The van der Waals surface area contributed by atoms with Gasteiger partial charge >= 0.3 is 0 Å². The van der Waals surface area contributed by atoms with Crippen molar-refractivity contribution in [2.24, 2.45) is 0 Å². The molecule has 102 valence electrons. The lowest BCUT2D eigenvalue weighted by Gasteiger charge is -2.12. The summed E-state index contributed by atoms with van der Waals surface area (Å²) in [6, 6.07) is 8.11. The van der Waals surface area contributed by atoms with Crippen molar-refractivity contribution in [1.82, 2.24) is 15.3 Å². The molecule has 2 N–H and O–H groups in total. The number of carbonyl (C=O) groups excluding carboxylic acids is 1. The summed E-state index contributed by atoms with van der Waals surface area (Å²) in [4.78, 5) is 19.1. The van der Waals surface area contributed by atoms with Gasteiger partial charge in [0.25, 0.3) is 0 Å². The van der Waals surface area contributed by atoms with Crippen molar-refractivity contribution in [3.63, 3.8) is 0 Å². The number of amides is 1. The van der Waals surface area contributed by atoms with Crippen LogP contribution in [0.2, 0.25) is 0 Å². The first-order valence-electron chi connectivity index (χ1n) is 6.71. The highest BCUT2D eigenvalue weighted by Crippen LogP contribution is 2.30. The highest BCUT2D eigenvalue weighted by molar-refractivity contribution is 6.09. The second kappa shape index (κ2) is 4.63. The van der Waals surface area contributed by atoms with Gasteiger partial charge in [0.05, 0.1) is 17.3 Å². The van der Waals surface area contributed by atoms with Crippen LogP contribution in [0.15, 0.2) is 30.5 Å². The highest BCUT2D eigenvalue weighted by atomic mass is 16.1. The average Bonchev–Trinajstić information content (AvgIpc) is 2.77. The summed E-state index contributed by atoms with van der Waals surface area (Å²) in [6.07, 6.45) is 1.80. The lowest BCUT2D eigenvalue weighted by molar-refractivity contribution is -0.119. The molecule has 0 saturated carbocycles. The van der Waals surface area contributed by atoms with Crippen LogP contribution in [-0.4, -0.2) is 15.9 Å². The van der Waals surface area contributed by atoms with E-state index in [1.54, 1.807) is 6.20 Å². The molecule has 0 bridgehead atoms. The number of benzene rings is 1. The zero-order chi connectivity index (χ0) is 14.3. The van der Waals surface area contributed by atoms with Crippen molar-refractivity contribution in [1.29, 1.82) is 0 Å². The molecule has 2 heterocycles. The Hall–Kier alpha value is -2.36. The standard InChI is InChI=1S/C16H17N3O/c1-9-5-4-6-13-14(9)12-7-8-17-15(16(12)19-13)10(2)18-11(3)20/h4-8,10,19H,1-3H3,(H,18,20). The zero-order valence-electron chi connectivity index (χ0n) is 11.8. The van der Waals surface area contributed by atoms with Crippen LogP contribution >= 0.6 is 0 Å². The van der Waals surface area contributed by atoms with Crippen LogP contribution in [0.5, 0.6) is 0 Å². The third-order valence-corrected chi connectivity index (χ3v) is 3.61. The van der Waals surface area contributed by atoms with Crippen molar-refractivity contribution in [3.05, 3.63) is 41.7 Å². The first-order valence-corrected chi connectivity index (χ1v) is 6.71. The molecule has 3 rings (SSSR count). The minimum Gasteiger partial charge on any atom is -0.353 e. The summed E-state index contributed by atoms with van der Waals surface area (Å²) < 4.78 is 0. The third kappa shape index (κ3) is 1.93. The van der Waals surface area contributed by atoms with Crippen LogP contribution in [0.4, 0.5) is 0 Å². The Balaban J connectivity index is 2.27. The van der Waals surface area contributed by atoms with Crippen molar-refractivity contribution in [2.75, 3.05) is 0 Å². The maximum absolute atomic E-state index is 11.2. The molecule has 1 amide bonds. The minimum atomic E-state index is -0.121. The van der Waals surface area contributed by atoms with Gasteiger partial charge in [-0.05, 0) is 31.5 Å². The Kier molecular flexibility index (Phi) is 2.93. The SMILES string of the molecule is CC(=O)NC(C)c1nccc2c1[nH]c1cccc(C)c12. The average molecular weight is 267 g/mol. The van der Waals surface area contributed by atoms with Crippen molar-refractivity contribution < 1.29 is 4.79 Å². The molecule has 0 aliphatic heterocycles. The van der Waals surface area contributed by atoms with E-state index in [-0.39, 0.29) is 11.9 Å². The van der Waals surface area contributed by atoms with Gasteiger partial charge < -0.3 is 10.3 Å². The number of nitrogens with zero attached hydrogens (tertiary/aromatic N) is 1. The minimum absolute atomic E-state index is 0.0522. The molecule has 3 aromatic rings. The summed E-state index contributed by atoms with van der Waals surface area (Å²) in [5.74, 6) is -0.0522. The Labute approximate surface area is 117 Å². The van der Waals surface area contributed by atoms with E-state index < -0.39 is 0 Å². The summed E-state index contributed by atoms with van der Waals surface area (Å²) in [5.41, 5.74) is 4.20. The molecule has 2 aromatic heterocycles. The van der Waals surface area contributed by atoms with Crippen LogP contribution in [0.3, 0.4) is 0 Å². The Morgan fingerprint density at radius 2 is 2.15 bits per heavy atom. The molecule has 0 aliphatic carbocycles. The number of H-pyrrole nitrogens is 1. The Morgan fingerprint density at radius 3 is 2.90 bits per heavy atom. The molecule has 4 nitrogen and oxygen atoms in total. The van der Waals surface area contributed by atoms with Gasteiger partial charge in [-0.2, -0.15) is 0 Å². The molecular weight excluding hydrogens is 250 g/mol. The molecule has 0 saturated heterocycles. The Morgan fingerprint density at radius 1 is 1.35 bits per heavy atom. The fraction of sp³-hybridized carbons (Fsp3) is 0.250. The van der Waals surface area contributed by atoms with Gasteiger partial charge in [0.15, 0.2) is 0 Å². The summed E-state index contributed by atoms with van der Waals surface area (Å²) in [7, 11) is 0. The van der Waals surface area contributed by atoms with E-state index in [9.17, 15) is 4.79 Å². The van der Waals surface area contributed by atoms with Crippen LogP contribution in [0.1, 0.15) is 31.1 Å². The van der Waals surface area contributed by atoms with Gasteiger partial charge in [0.2, 0.25) is 5.91 Å². The van der Waals surface area contributed by atoms with Crippen molar-refractivity contribution in [2.45, 2.75) is 26.8 Å². The number of carbonyl (C=O) groups is 1. The van der Waals surface area contributed by atoms with Gasteiger partial charge in [0, 0.05) is 29.4 Å². The van der Waals surface area contributed by atoms with E-state index >= 15 is 0 Å². The monoisotopic (exact) mass is 267 g/mol. The van der Waals surface area contributed by atoms with Gasteiger partial charge in [-0.3, -0.25) is 9.78 Å². The quantitative estimate of drug-likeness (QED) is 0.749. The van der Waals surface area contributed by atoms with Crippen molar-refractivity contribution >= 4 is 27.7 Å². The molecule has 0 spiro atoms. The molecule has 4 heteroatoms. The summed E-state index contributed by atoms with van der Waals surface area (Å²) >= 11 is 0. The lowest BCUT2D eigenvalue weighted by Crippen LogP contribution is -2.24. The second-order valence-corrected chi connectivity index (χ2v) is 5.16. The predicted molar refractivity (Wildman–Crippen MR) is 80.6 cm³/mol. The van der Waals surface area contributed by atoms with Gasteiger partial charge in [-0.15, -0.1) is 0 Å². The molecule has 1 aromatic carbocycles. The van der Waals surface area contributed by atoms with Crippen LogP contribution in [0.25, 0.3) is 21.8 Å². The maximum atomic E-state index is 11.2. The molecule has 0 fully saturated rings. The lowest BCUT2D eigenvalue weighted by atomic mass is 10.1. The smallest absolute Gasteiger partial charge is 0.217 e. The molecular formula is C16H17N3O. The van der Waals surface area contributed by atoms with Crippen LogP contribution in [0, 0.1) is 6.92 Å². The number of hydrogen-bond donors (Lipinski definition) is 2. The normalized spacial score (nSPS) is 12.8. The number of fused-ring (bicyclic) bond motifs is 3. The summed E-state index contributed by atoms with van der Waals surface area (Å²) in [6.45, 7) is 5.57. The van der Waals surface area contributed by atoms with E-state index in [0.717, 1.165) is 22.1 Å². The van der Waals surface area contributed by atoms with Crippen LogP contribution in [-0.2, 0) is 4.79 Å². The highest BCUT2D eigenvalue weighted by Gasteiger charge is 2.15. The van der Waals surface area contributed by atoms with Gasteiger partial charge in [-0.25, -0.2) is 0 Å². The van der Waals surface area contributed by atoms with Gasteiger partial charge in [-0.1, -0.05) is 12.1 Å². The zero-order valence-corrected chi connectivity index (χ0v) is 11.8. The molecule has 0 radical (unpaired) electrons. The van der Waals surface area contributed by atoms with E-state index in [1.807, 2.05) is 19.1 Å². The summed E-state index contributed by atoms with van der Waals surface area (Å²) in [5, 5.41) is 5.27. The van der Waals surface area contributed by atoms with E-state index in [0.29, 0.717) is 0 Å². The Bertz CT molecular complexity index is 804. The second-order valence-electron chi connectivity index (χ2n) is 5.16. The fourth-order valence-corrected chi connectivity index (χ4v) is 2.78. The third-order valence-electron chi connectivity index (χ3n) is 3.61. The van der Waals surface area contributed by atoms with E-state index in [2.05, 4.69) is 34.3 Å². The van der Waals surface area contributed by atoms with E-state index in [1.165, 1.54) is 17.9 Å². The number of aromatic amines is 1. The number of nitrogens with one attached hydrogen (secondary N) is 2. The largest absolute Gasteiger partial charge is 0.353 e. The number of aromatic nitrogens is 2. The van der Waals surface area contributed by atoms with E-state index in [4.69, 9.17) is 0 Å². The predicted octanol–water partition coefficient (Wildman–Crippen LogP) is 3.22. The molecule has 0 aliphatic rings. The maximum Gasteiger partial charge on any atom is 0.217 e. The molecule has 1 atom stereocenters. The number of aryl methyl sites for hydroxylation is 1. The fourth-order valence-electron chi connectivity index (χ4n) is 2.78. The molecule has 1 unspecified atom stereocenters. The van der Waals surface area contributed by atoms with Crippen LogP contribution < -0.4 is 5.32 Å². The topological polar surface area (TPSA) is 57.8 Å². The number of hydrogen-bond acceptors (Lipinski definition) is 2.